The van der Waals surface area contributed by atoms with Crippen LogP contribution >= 0.6 is 11.3 Å². The normalized spacial score (nSPS) is 15.7. The molecule has 140 valence electrons. The van der Waals surface area contributed by atoms with E-state index in [4.69, 9.17) is 10.5 Å². The van der Waals surface area contributed by atoms with Gasteiger partial charge in [-0.3, -0.25) is 4.98 Å². The third kappa shape index (κ3) is 4.23. The molecule has 1 fully saturated rings. The number of hydrogen-bond acceptors (Lipinski definition) is 8. The third-order valence-corrected chi connectivity index (χ3v) is 5.92. The number of anilines is 1. The second-order valence-electron chi connectivity index (χ2n) is 6.73. The highest BCUT2D eigenvalue weighted by Gasteiger charge is 2.22. The van der Waals surface area contributed by atoms with Gasteiger partial charge in [0.05, 0.1) is 16.1 Å². The van der Waals surface area contributed by atoms with Gasteiger partial charge in [-0.2, -0.15) is 0 Å². The van der Waals surface area contributed by atoms with Crippen LogP contribution in [0.2, 0.25) is 0 Å². The second-order valence-corrected chi connectivity index (χ2v) is 7.79. The van der Waals surface area contributed by atoms with Crippen LogP contribution in [0.5, 0.6) is 5.88 Å². The highest BCUT2D eigenvalue weighted by atomic mass is 32.1. The van der Waals surface area contributed by atoms with Crippen LogP contribution in [0.3, 0.4) is 0 Å². The van der Waals surface area contributed by atoms with Crippen LogP contribution in [0.4, 0.5) is 5.82 Å². The van der Waals surface area contributed by atoms with Gasteiger partial charge in [-0.05, 0) is 50.7 Å². The average molecular weight is 382 g/mol. The topological polar surface area (TPSA) is 90.1 Å². The molecule has 1 aliphatic rings. The summed E-state index contributed by atoms with van der Waals surface area (Å²) in [5, 5.41) is 1.18. The van der Waals surface area contributed by atoms with Crippen LogP contribution in [-0.4, -0.2) is 45.0 Å². The smallest absolute Gasteiger partial charge is 0.258 e. The summed E-state index contributed by atoms with van der Waals surface area (Å²) in [5.41, 5.74) is 7.68. The van der Waals surface area contributed by atoms with Gasteiger partial charge >= 0.3 is 0 Å². The maximum Gasteiger partial charge on any atom is 0.258 e. The SMILES string of the molecule is CN1CCC(c2ncc(-c3cnc(N)c(OCc4ccncc4)n3)s2)CC1. The number of aromatic nitrogens is 4. The maximum atomic E-state index is 5.94. The molecule has 0 aliphatic carbocycles. The Kier molecular flexibility index (Phi) is 5.26. The Morgan fingerprint density at radius 2 is 1.96 bits per heavy atom. The quantitative estimate of drug-likeness (QED) is 0.725. The number of nitrogens with two attached hydrogens (primary N) is 1. The van der Waals surface area contributed by atoms with Gasteiger partial charge < -0.3 is 15.4 Å². The first-order chi connectivity index (χ1) is 13.2. The lowest BCUT2D eigenvalue weighted by Gasteiger charge is -2.27. The van der Waals surface area contributed by atoms with E-state index in [0.29, 0.717) is 18.4 Å². The highest BCUT2D eigenvalue weighted by molar-refractivity contribution is 7.15. The molecule has 0 spiro atoms. The summed E-state index contributed by atoms with van der Waals surface area (Å²) in [5.74, 6) is 1.16. The lowest BCUT2D eigenvalue weighted by Crippen LogP contribution is -2.29. The Morgan fingerprint density at radius 1 is 1.19 bits per heavy atom. The minimum absolute atomic E-state index is 0.285. The largest absolute Gasteiger partial charge is 0.470 e. The Balaban J connectivity index is 1.49. The lowest BCUT2D eigenvalue weighted by atomic mass is 9.98. The molecule has 1 saturated heterocycles. The Labute approximate surface area is 162 Å². The van der Waals surface area contributed by atoms with Crippen molar-refractivity contribution in [3.8, 4) is 16.5 Å². The fourth-order valence-corrected chi connectivity index (χ4v) is 4.13. The first-order valence-electron chi connectivity index (χ1n) is 8.98. The summed E-state index contributed by atoms with van der Waals surface area (Å²) in [7, 11) is 2.17. The van der Waals surface area contributed by atoms with E-state index in [2.05, 4.69) is 31.9 Å². The lowest BCUT2D eigenvalue weighted by molar-refractivity contribution is 0.255. The van der Waals surface area contributed by atoms with Gasteiger partial charge in [-0.25, -0.2) is 15.0 Å². The number of rotatable bonds is 5. The van der Waals surface area contributed by atoms with E-state index in [1.54, 1.807) is 29.9 Å². The van der Waals surface area contributed by atoms with Gasteiger partial charge in [0.15, 0.2) is 5.82 Å². The molecule has 4 rings (SSSR count). The van der Waals surface area contributed by atoms with Gasteiger partial charge in [0.25, 0.3) is 5.88 Å². The Morgan fingerprint density at radius 3 is 2.74 bits per heavy atom. The summed E-state index contributed by atoms with van der Waals surface area (Å²) >= 11 is 1.69. The molecule has 3 aromatic rings. The molecule has 4 heterocycles. The zero-order valence-corrected chi connectivity index (χ0v) is 16.0. The van der Waals surface area contributed by atoms with Crippen molar-refractivity contribution in [1.82, 2.24) is 24.8 Å². The van der Waals surface area contributed by atoms with E-state index in [1.807, 2.05) is 18.3 Å². The van der Waals surface area contributed by atoms with E-state index < -0.39 is 0 Å². The zero-order valence-electron chi connectivity index (χ0n) is 15.2. The fourth-order valence-electron chi connectivity index (χ4n) is 3.09. The number of piperidine rings is 1. The molecule has 0 atom stereocenters. The summed E-state index contributed by atoms with van der Waals surface area (Å²) in [6.45, 7) is 2.61. The number of hydrogen-bond donors (Lipinski definition) is 1. The molecule has 0 saturated carbocycles. The Hall–Kier alpha value is -2.58. The number of ether oxygens (including phenoxy) is 1. The van der Waals surface area contributed by atoms with Crippen LogP contribution in [0.25, 0.3) is 10.6 Å². The van der Waals surface area contributed by atoms with Crippen molar-refractivity contribution in [2.75, 3.05) is 25.9 Å². The highest BCUT2D eigenvalue weighted by Crippen LogP contribution is 2.34. The first kappa shape index (κ1) is 17.8. The van der Waals surface area contributed by atoms with Crippen molar-refractivity contribution in [3.05, 3.63) is 47.5 Å². The van der Waals surface area contributed by atoms with Gasteiger partial charge in [0.2, 0.25) is 0 Å². The average Bonchev–Trinajstić information content (AvgIpc) is 3.19. The summed E-state index contributed by atoms with van der Waals surface area (Å²) in [6, 6.07) is 3.79. The number of thiazole rings is 1. The van der Waals surface area contributed by atoms with Gasteiger partial charge in [0, 0.05) is 24.5 Å². The van der Waals surface area contributed by atoms with E-state index in [0.717, 1.165) is 42.1 Å². The molecule has 1 aliphatic heterocycles. The number of nitrogens with zero attached hydrogens (tertiary/aromatic N) is 5. The number of nitrogen functional groups attached to an aromatic ring is 1. The van der Waals surface area contributed by atoms with E-state index >= 15 is 0 Å². The molecule has 7 nitrogen and oxygen atoms in total. The van der Waals surface area contributed by atoms with Crippen molar-refractivity contribution in [2.45, 2.75) is 25.4 Å². The van der Waals surface area contributed by atoms with E-state index in [1.165, 1.54) is 5.01 Å². The van der Waals surface area contributed by atoms with Crippen molar-refractivity contribution in [1.29, 1.82) is 0 Å². The molecule has 0 unspecified atom stereocenters. The molecular formula is C19H22N6OS. The summed E-state index contributed by atoms with van der Waals surface area (Å²) < 4.78 is 5.77. The zero-order chi connectivity index (χ0) is 18.6. The monoisotopic (exact) mass is 382 g/mol. The molecule has 8 heteroatoms. The van der Waals surface area contributed by atoms with Crippen molar-refractivity contribution >= 4 is 17.2 Å². The number of pyridine rings is 1. The van der Waals surface area contributed by atoms with Crippen LogP contribution in [0.1, 0.15) is 29.3 Å². The van der Waals surface area contributed by atoms with Crippen LogP contribution in [-0.2, 0) is 6.61 Å². The Bertz CT molecular complexity index is 892. The molecule has 0 aromatic carbocycles. The van der Waals surface area contributed by atoms with E-state index in [-0.39, 0.29) is 5.82 Å². The molecule has 0 radical (unpaired) electrons. The molecule has 0 amide bonds. The van der Waals surface area contributed by atoms with Gasteiger partial charge in [-0.1, -0.05) is 0 Å². The molecule has 0 bridgehead atoms. The third-order valence-electron chi connectivity index (χ3n) is 4.74. The minimum atomic E-state index is 0.285. The maximum absolute atomic E-state index is 5.94. The van der Waals surface area contributed by atoms with Crippen LogP contribution in [0, 0.1) is 0 Å². The molecule has 2 N–H and O–H groups in total. The molecule has 27 heavy (non-hydrogen) atoms. The van der Waals surface area contributed by atoms with Crippen LogP contribution < -0.4 is 10.5 Å². The van der Waals surface area contributed by atoms with E-state index in [9.17, 15) is 0 Å². The first-order valence-corrected chi connectivity index (χ1v) is 9.79. The van der Waals surface area contributed by atoms with Gasteiger partial charge in [-0.15, -0.1) is 11.3 Å². The molecule has 3 aromatic heterocycles. The van der Waals surface area contributed by atoms with Crippen molar-refractivity contribution in [2.24, 2.45) is 0 Å². The standard InChI is InChI=1S/C19H22N6OS/c1-25-8-4-14(5-9-25)19-23-11-16(27-19)15-10-22-17(20)18(24-15)26-12-13-2-6-21-7-3-13/h2-3,6-7,10-11,14H,4-5,8-9,12H2,1H3,(H2,20,22). The summed E-state index contributed by atoms with van der Waals surface area (Å²) in [6.07, 6.45) is 9.32. The van der Waals surface area contributed by atoms with Crippen LogP contribution in [0.15, 0.2) is 36.9 Å². The predicted molar refractivity (Wildman–Crippen MR) is 106 cm³/mol. The predicted octanol–water partition coefficient (Wildman–Crippen LogP) is 2.97. The molecular weight excluding hydrogens is 360 g/mol. The second kappa shape index (κ2) is 7.98. The van der Waals surface area contributed by atoms with Crippen molar-refractivity contribution in [3.63, 3.8) is 0 Å². The van der Waals surface area contributed by atoms with Crippen molar-refractivity contribution < 1.29 is 4.74 Å². The fraction of sp³-hybridized carbons (Fsp3) is 0.368. The minimum Gasteiger partial charge on any atom is -0.470 e. The number of likely N-dealkylation sites (tertiary alicyclic amines) is 1. The van der Waals surface area contributed by atoms with Gasteiger partial charge in [0.1, 0.15) is 12.3 Å². The summed E-state index contributed by atoms with van der Waals surface area (Å²) in [4.78, 5) is 20.8.